The van der Waals surface area contributed by atoms with E-state index in [2.05, 4.69) is 4.98 Å². The van der Waals surface area contributed by atoms with Gasteiger partial charge in [-0.2, -0.15) is 0 Å². The fourth-order valence-electron chi connectivity index (χ4n) is 1.43. The van der Waals surface area contributed by atoms with Crippen LogP contribution in [0.1, 0.15) is 15.4 Å². The molecule has 5 nitrogen and oxygen atoms in total. The quantitative estimate of drug-likeness (QED) is 0.873. The molecule has 0 aliphatic carbocycles. The van der Waals surface area contributed by atoms with E-state index >= 15 is 0 Å². The molecular weight excluding hydrogens is 293 g/mol. The highest BCUT2D eigenvalue weighted by Gasteiger charge is 2.20. The van der Waals surface area contributed by atoms with E-state index in [0.717, 1.165) is 18.2 Å². The predicted molar refractivity (Wildman–Crippen MR) is 66.4 cm³/mol. The third kappa shape index (κ3) is 2.96. The first kappa shape index (κ1) is 13.6. The van der Waals surface area contributed by atoms with E-state index in [-0.39, 0.29) is 10.6 Å². The van der Waals surface area contributed by atoms with E-state index in [0.29, 0.717) is 5.01 Å². The van der Waals surface area contributed by atoms with Gasteiger partial charge in [-0.1, -0.05) is 0 Å². The predicted octanol–water partition coefficient (Wildman–Crippen LogP) is 1.95. The van der Waals surface area contributed by atoms with Crippen LogP contribution in [0.25, 0.3) is 0 Å². The second-order valence-electron chi connectivity index (χ2n) is 3.63. The van der Waals surface area contributed by atoms with Gasteiger partial charge in [0.05, 0.1) is 10.5 Å². The fraction of sp³-hybridized carbons (Fsp3) is 0.0909. The molecular formula is C11H8FNO4S2. The number of rotatable bonds is 4. The summed E-state index contributed by atoms with van der Waals surface area (Å²) >= 11 is 1.18. The normalized spacial score (nSPS) is 11.4. The third-order valence-corrected chi connectivity index (χ3v) is 4.91. The molecule has 2 rings (SSSR count). The molecule has 0 unspecified atom stereocenters. The highest BCUT2D eigenvalue weighted by atomic mass is 32.2. The van der Waals surface area contributed by atoms with E-state index in [4.69, 9.17) is 5.11 Å². The Balaban J connectivity index is 2.41. The molecule has 0 bridgehead atoms. The van der Waals surface area contributed by atoms with E-state index < -0.39 is 27.2 Å². The van der Waals surface area contributed by atoms with Crippen molar-refractivity contribution in [2.24, 2.45) is 0 Å². The minimum atomic E-state index is -3.74. The van der Waals surface area contributed by atoms with Crippen molar-refractivity contribution in [3.63, 3.8) is 0 Å². The molecule has 1 aromatic heterocycles. The molecule has 0 aliphatic heterocycles. The van der Waals surface area contributed by atoms with E-state index in [1.54, 1.807) is 5.38 Å². The van der Waals surface area contributed by atoms with Gasteiger partial charge in [0.15, 0.2) is 9.84 Å². The Morgan fingerprint density at radius 1 is 1.42 bits per heavy atom. The van der Waals surface area contributed by atoms with Gasteiger partial charge in [-0.15, -0.1) is 11.3 Å². The van der Waals surface area contributed by atoms with E-state index in [1.165, 1.54) is 17.5 Å². The molecule has 0 saturated heterocycles. The van der Waals surface area contributed by atoms with Crippen molar-refractivity contribution in [2.75, 3.05) is 0 Å². The van der Waals surface area contributed by atoms with Crippen LogP contribution in [0, 0.1) is 5.82 Å². The number of carboxylic acid groups (broad SMARTS) is 1. The topological polar surface area (TPSA) is 84.3 Å². The smallest absolute Gasteiger partial charge is 0.338 e. The maximum atomic E-state index is 13.2. The number of nitrogens with zero attached hydrogens (tertiary/aromatic N) is 1. The highest BCUT2D eigenvalue weighted by Crippen LogP contribution is 2.20. The monoisotopic (exact) mass is 301 g/mol. The second-order valence-corrected chi connectivity index (χ2v) is 6.60. The Labute approximate surface area is 112 Å². The van der Waals surface area contributed by atoms with Crippen LogP contribution >= 0.6 is 11.3 Å². The summed E-state index contributed by atoms with van der Waals surface area (Å²) in [5.41, 5.74) is -0.666. The Hall–Kier alpha value is -1.80. The third-order valence-electron chi connectivity index (χ3n) is 2.32. The summed E-state index contributed by atoms with van der Waals surface area (Å²) in [4.78, 5) is 14.4. The first-order valence-corrected chi connectivity index (χ1v) is 7.57. The van der Waals surface area contributed by atoms with Gasteiger partial charge in [-0.05, 0) is 18.2 Å². The highest BCUT2D eigenvalue weighted by molar-refractivity contribution is 7.90. The minimum Gasteiger partial charge on any atom is -0.478 e. The summed E-state index contributed by atoms with van der Waals surface area (Å²) in [6, 6.07) is 2.70. The number of aromatic nitrogens is 1. The van der Waals surface area contributed by atoms with Gasteiger partial charge in [0, 0.05) is 11.6 Å². The lowest BCUT2D eigenvalue weighted by Crippen LogP contribution is -2.08. The van der Waals surface area contributed by atoms with Gasteiger partial charge in [-0.25, -0.2) is 22.6 Å². The number of halogens is 1. The van der Waals surface area contributed by atoms with Crippen LogP contribution in [0.4, 0.5) is 4.39 Å². The number of benzene rings is 1. The van der Waals surface area contributed by atoms with Gasteiger partial charge in [0.2, 0.25) is 0 Å². The number of thiazole rings is 1. The molecule has 1 heterocycles. The van der Waals surface area contributed by atoms with E-state index in [1.807, 2.05) is 0 Å². The number of hydrogen-bond acceptors (Lipinski definition) is 5. The number of carboxylic acids is 1. The lowest BCUT2D eigenvalue weighted by Gasteiger charge is -2.04. The Bertz CT molecular complexity index is 710. The standard InChI is InChI=1S/C11H8FNO4S2/c12-9-2-1-7(5-8(9)11(14)15)19(16,17)6-10-13-3-4-18-10/h1-5H,6H2,(H,14,15). The summed E-state index contributed by atoms with van der Waals surface area (Å²) in [6.07, 6.45) is 1.48. The molecule has 0 spiro atoms. The van der Waals surface area contributed by atoms with Crippen LogP contribution in [0.3, 0.4) is 0 Å². The van der Waals surface area contributed by atoms with Crippen molar-refractivity contribution in [2.45, 2.75) is 10.6 Å². The molecule has 2 aromatic rings. The van der Waals surface area contributed by atoms with Gasteiger partial charge >= 0.3 is 5.97 Å². The summed E-state index contributed by atoms with van der Waals surface area (Å²) < 4.78 is 37.3. The molecule has 8 heteroatoms. The van der Waals surface area contributed by atoms with Crippen LogP contribution in [0.5, 0.6) is 0 Å². The largest absolute Gasteiger partial charge is 0.478 e. The van der Waals surface area contributed by atoms with Crippen molar-refractivity contribution in [1.29, 1.82) is 0 Å². The van der Waals surface area contributed by atoms with Gasteiger partial charge in [0.1, 0.15) is 16.6 Å². The number of aromatic carboxylic acids is 1. The SMILES string of the molecule is O=C(O)c1cc(S(=O)(=O)Cc2nccs2)ccc1F. The Kier molecular flexibility index (Phi) is 3.63. The molecule has 100 valence electrons. The second kappa shape index (κ2) is 5.06. The van der Waals surface area contributed by atoms with Crippen LogP contribution < -0.4 is 0 Å². The molecule has 19 heavy (non-hydrogen) atoms. The van der Waals surface area contributed by atoms with Crippen LogP contribution in [-0.2, 0) is 15.6 Å². The fourth-order valence-corrected chi connectivity index (χ4v) is 3.71. The molecule has 0 amide bonds. The van der Waals surface area contributed by atoms with Gasteiger partial charge in [-0.3, -0.25) is 0 Å². The number of hydrogen-bond donors (Lipinski definition) is 1. The van der Waals surface area contributed by atoms with Crippen molar-refractivity contribution < 1.29 is 22.7 Å². The molecule has 0 aliphatic rings. The zero-order valence-electron chi connectivity index (χ0n) is 9.41. The average molecular weight is 301 g/mol. The summed E-state index contributed by atoms with van der Waals surface area (Å²) in [5.74, 6) is -2.82. The molecule has 1 N–H and O–H groups in total. The summed E-state index contributed by atoms with van der Waals surface area (Å²) in [7, 11) is -3.74. The maximum absolute atomic E-state index is 13.2. The van der Waals surface area contributed by atoms with Crippen LogP contribution in [-0.4, -0.2) is 24.5 Å². The lowest BCUT2D eigenvalue weighted by molar-refractivity contribution is 0.0691. The zero-order chi connectivity index (χ0) is 14.0. The number of sulfone groups is 1. The Morgan fingerprint density at radius 3 is 2.74 bits per heavy atom. The Morgan fingerprint density at radius 2 is 2.16 bits per heavy atom. The van der Waals surface area contributed by atoms with Crippen molar-refractivity contribution in [1.82, 2.24) is 4.98 Å². The molecule has 0 saturated carbocycles. The number of carbonyl (C=O) groups is 1. The zero-order valence-corrected chi connectivity index (χ0v) is 11.0. The summed E-state index contributed by atoms with van der Waals surface area (Å²) in [5, 5.41) is 10.8. The molecule has 1 aromatic carbocycles. The molecule has 0 fully saturated rings. The first-order chi connectivity index (χ1) is 8.90. The molecule has 0 radical (unpaired) electrons. The first-order valence-electron chi connectivity index (χ1n) is 5.04. The van der Waals surface area contributed by atoms with Crippen molar-refractivity contribution in [3.05, 3.63) is 46.2 Å². The van der Waals surface area contributed by atoms with Crippen LogP contribution in [0.2, 0.25) is 0 Å². The maximum Gasteiger partial charge on any atom is 0.338 e. The molecule has 0 atom stereocenters. The van der Waals surface area contributed by atoms with Crippen molar-refractivity contribution in [3.8, 4) is 0 Å². The van der Waals surface area contributed by atoms with Crippen molar-refractivity contribution >= 4 is 27.1 Å². The summed E-state index contributed by atoms with van der Waals surface area (Å²) in [6.45, 7) is 0. The minimum absolute atomic E-state index is 0.235. The van der Waals surface area contributed by atoms with E-state index in [9.17, 15) is 17.6 Å². The van der Waals surface area contributed by atoms with Crippen LogP contribution in [0.15, 0.2) is 34.7 Å². The lowest BCUT2D eigenvalue weighted by atomic mass is 10.2. The van der Waals surface area contributed by atoms with Gasteiger partial charge < -0.3 is 5.11 Å². The average Bonchev–Trinajstić information content (AvgIpc) is 2.80. The van der Waals surface area contributed by atoms with Gasteiger partial charge in [0.25, 0.3) is 0 Å².